The molecule has 0 bridgehead atoms. The van der Waals surface area contributed by atoms with Gasteiger partial charge in [0.2, 0.25) is 12.5 Å². The summed E-state index contributed by atoms with van der Waals surface area (Å²) < 4.78 is 18.2. The first-order chi connectivity index (χ1) is 10.7. The van der Waals surface area contributed by atoms with E-state index >= 15 is 0 Å². The summed E-state index contributed by atoms with van der Waals surface area (Å²) in [6.45, 7) is 5.26. The fraction of sp³-hybridized carbons (Fsp3) is 0.438. The van der Waals surface area contributed by atoms with Gasteiger partial charge in [-0.2, -0.15) is 5.10 Å². The minimum absolute atomic E-state index is 0.245. The van der Waals surface area contributed by atoms with Gasteiger partial charge in [0.05, 0.1) is 13.2 Å². The van der Waals surface area contributed by atoms with Crippen molar-refractivity contribution >= 4 is 0 Å². The van der Waals surface area contributed by atoms with E-state index in [1.54, 1.807) is 13.3 Å². The first-order valence-corrected chi connectivity index (χ1v) is 7.38. The standard InChI is InChI=1S/C16H21N3O3/c1-11(12(2)19-6-4-5-18-19)17-9-13-7-14(20-3)16-15(8-13)21-10-22-16/h4-8,11-12,17H,9-10H2,1-3H3/t11-,12-/m0/s1. The molecule has 0 saturated heterocycles. The summed E-state index contributed by atoms with van der Waals surface area (Å²) in [5.41, 5.74) is 1.10. The molecule has 2 aromatic rings. The van der Waals surface area contributed by atoms with Gasteiger partial charge in [-0.05, 0) is 37.6 Å². The molecule has 118 valence electrons. The Morgan fingerprint density at radius 1 is 1.36 bits per heavy atom. The number of hydrogen-bond acceptors (Lipinski definition) is 5. The van der Waals surface area contributed by atoms with Crippen LogP contribution < -0.4 is 19.5 Å². The lowest BCUT2D eigenvalue weighted by atomic mass is 10.1. The molecule has 1 aromatic carbocycles. The Balaban J connectivity index is 1.66. The van der Waals surface area contributed by atoms with Gasteiger partial charge in [-0.3, -0.25) is 4.68 Å². The average molecular weight is 303 g/mol. The number of ether oxygens (including phenoxy) is 3. The Labute approximate surface area is 130 Å². The van der Waals surface area contributed by atoms with E-state index < -0.39 is 0 Å². The highest BCUT2D eigenvalue weighted by Crippen LogP contribution is 2.41. The molecule has 0 spiro atoms. The van der Waals surface area contributed by atoms with Gasteiger partial charge in [0.15, 0.2) is 11.5 Å². The zero-order valence-corrected chi connectivity index (χ0v) is 13.1. The fourth-order valence-electron chi connectivity index (χ4n) is 2.49. The molecule has 3 rings (SSSR count). The highest BCUT2D eigenvalue weighted by atomic mass is 16.7. The molecule has 0 radical (unpaired) electrons. The van der Waals surface area contributed by atoms with E-state index in [0.29, 0.717) is 11.5 Å². The van der Waals surface area contributed by atoms with E-state index in [4.69, 9.17) is 14.2 Å². The highest BCUT2D eigenvalue weighted by Gasteiger charge is 2.20. The van der Waals surface area contributed by atoms with Gasteiger partial charge in [-0.25, -0.2) is 0 Å². The summed E-state index contributed by atoms with van der Waals surface area (Å²) in [6.07, 6.45) is 3.78. The molecule has 22 heavy (non-hydrogen) atoms. The molecule has 2 atom stereocenters. The summed E-state index contributed by atoms with van der Waals surface area (Å²) in [5.74, 6) is 2.13. The number of hydrogen-bond donors (Lipinski definition) is 1. The Morgan fingerprint density at radius 3 is 2.95 bits per heavy atom. The van der Waals surface area contributed by atoms with Crippen LogP contribution >= 0.6 is 0 Å². The largest absolute Gasteiger partial charge is 0.493 e. The van der Waals surface area contributed by atoms with Gasteiger partial charge < -0.3 is 19.5 Å². The van der Waals surface area contributed by atoms with Gasteiger partial charge in [0.25, 0.3) is 0 Å². The van der Waals surface area contributed by atoms with Crippen LogP contribution in [-0.4, -0.2) is 29.7 Å². The molecule has 0 fully saturated rings. The van der Waals surface area contributed by atoms with E-state index in [1.807, 2.05) is 29.1 Å². The third kappa shape index (κ3) is 2.87. The van der Waals surface area contributed by atoms with Gasteiger partial charge in [0.1, 0.15) is 0 Å². The van der Waals surface area contributed by atoms with Crippen LogP contribution in [0, 0.1) is 0 Å². The van der Waals surface area contributed by atoms with E-state index in [1.165, 1.54) is 0 Å². The minimum atomic E-state index is 0.245. The average Bonchev–Trinajstić information content (AvgIpc) is 3.21. The number of rotatable bonds is 6. The lowest BCUT2D eigenvalue weighted by Gasteiger charge is -2.22. The van der Waals surface area contributed by atoms with Gasteiger partial charge in [-0.15, -0.1) is 0 Å². The lowest BCUT2D eigenvalue weighted by Crippen LogP contribution is -2.33. The molecular formula is C16H21N3O3. The number of benzene rings is 1. The van der Waals surface area contributed by atoms with Crippen molar-refractivity contribution in [2.45, 2.75) is 32.5 Å². The molecule has 0 unspecified atom stereocenters. The number of methoxy groups -OCH3 is 1. The van der Waals surface area contributed by atoms with Crippen molar-refractivity contribution in [1.29, 1.82) is 0 Å². The van der Waals surface area contributed by atoms with Gasteiger partial charge in [0, 0.05) is 25.0 Å². The monoisotopic (exact) mass is 303 g/mol. The lowest BCUT2D eigenvalue weighted by molar-refractivity contribution is 0.171. The predicted octanol–water partition coefficient (Wildman–Crippen LogP) is 2.36. The highest BCUT2D eigenvalue weighted by molar-refractivity contribution is 5.55. The number of aromatic nitrogens is 2. The van der Waals surface area contributed by atoms with Gasteiger partial charge in [-0.1, -0.05) is 0 Å². The Bertz CT molecular complexity index is 628. The topological polar surface area (TPSA) is 57.5 Å². The normalized spacial score (nSPS) is 15.6. The Morgan fingerprint density at radius 2 is 2.23 bits per heavy atom. The summed E-state index contributed by atoms with van der Waals surface area (Å²) in [5, 5.41) is 7.80. The van der Waals surface area contributed by atoms with Gasteiger partial charge >= 0.3 is 0 Å². The molecule has 1 aromatic heterocycles. The van der Waals surface area contributed by atoms with Crippen LogP contribution in [0.1, 0.15) is 25.5 Å². The molecule has 2 heterocycles. The summed E-state index contributed by atoms with van der Waals surface area (Å²) in [7, 11) is 1.64. The van der Waals surface area contributed by atoms with Crippen molar-refractivity contribution in [2.75, 3.05) is 13.9 Å². The van der Waals surface area contributed by atoms with Crippen molar-refractivity contribution in [3.05, 3.63) is 36.2 Å². The van der Waals surface area contributed by atoms with Crippen LogP contribution in [0.15, 0.2) is 30.6 Å². The first-order valence-electron chi connectivity index (χ1n) is 7.38. The smallest absolute Gasteiger partial charge is 0.231 e. The Hall–Kier alpha value is -2.21. The summed E-state index contributed by atoms with van der Waals surface area (Å²) in [6, 6.07) is 6.45. The maximum absolute atomic E-state index is 5.45. The molecule has 6 nitrogen and oxygen atoms in total. The predicted molar refractivity (Wildman–Crippen MR) is 82.4 cm³/mol. The molecule has 6 heteroatoms. The summed E-state index contributed by atoms with van der Waals surface area (Å²) >= 11 is 0. The number of nitrogens with one attached hydrogen (secondary N) is 1. The van der Waals surface area contributed by atoms with Crippen molar-refractivity contribution in [3.63, 3.8) is 0 Å². The Kier molecular flexibility index (Phi) is 4.20. The third-order valence-corrected chi connectivity index (χ3v) is 4.01. The van der Waals surface area contributed by atoms with Crippen molar-refractivity contribution in [1.82, 2.24) is 15.1 Å². The third-order valence-electron chi connectivity index (χ3n) is 4.01. The van der Waals surface area contributed by atoms with E-state index in [0.717, 1.165) is 17.9 Å². The molecular weight excluding hydrogens is 282 g/mol. The van der Waals surface area contributed by atoms with Crippen LogP contribution in [0.4, 0.5) is 0 Å². The molecule has 0 aliphatic carbocycles. The zero-order chi connectivity index (χ0) is 15.5. The van der Waals surface area contributed by atoms with Crippen LogP contribution in [0.2, 0.25) is 0 Å². The van der Waals surface area contributed by atoms with E-state index in [-0.39, 0.29) is 18.9 Å². The summed E-state index contributed by atoms with van der Waals surface area (Å²) in [4.78, 5) is 0. The number of fused-ring (bicyclic) bond motifs is 1. The number of nitrogens with zero attached hydrogens (tertiary/aromatic N) is 2. The zero-order valence-electron chi connectivity index (χ0n) is 13.1. The second kappa shape index (κ2) is 6.27. The SMILES string of the molecule is COc1cc(CN[C@@H](C)[C@H](C)n2cccn2)cc2c1OCO2. The van der Waals surface area contributed by atoms with Crippen LogP contribution in [0.3, 0.4) is 0 Å². The molecule has 0 amide bonds. The second-order valence-corrected chi connectivity index (χ2v) is 5.43. The molecule has 1 N–H and O–H groups in total. The van der Waals surface area contributed by atoms with Crippen molar-refractivity contribution in [3.8, 4) is 17.2 Å². The molecule has 1 aliphatic heterocycles. The maximum atomic E-state index is 5.45. The van der Waals surface area contributed by atoms with Crippen molar-refractivity contribution < 1.29 is 14.2 Å². The van der Waals surface area contributed by atoms with Crippen molar-refractivity contribution in [2.24, 2.45) is 0 Å². The van der Waals surface area contributed by atoms with Crippen LogP contribution in [-0.2, 0) is 6.54 Å². The first kappa shape index (κ1) is 14.7. The van der Waals surface area contributed by atoms with Crippen LogP contribution in [0.5, 0.6) is 17.2 Å². The molecule has 0 saturated carbocycles. The van der Waals surface area contributed by atoms with E-state index in [2.05, 4.69) is 24.3 Å². The fourth-order valence-corrected chi connectivity index (χ4v) is 2.49. The quantitative estimate of drug-likeness (QED) is 0.888. The molecule has 1 aliphatic rings. The second-order valence-electron chi connectivity index (χ2n) is 5.43. The minimum Gasteiger partial charge on any atom is -0.493 e. The maximum Gasteiger partial charge on any atom is 0.231 e. The van der Waals surface area contributed by atoms with E-state index in [9.17, 15) is 0 Å². The van der Waals surface area contributed by atoms with Crippen LogP contribution in [0.25, 0.3) is 0 Å².